The van der Waals surface area contributed by atoms with Crippen molar-refractivity contribution in [1.82, 2.24) is 5.32 Å². The number of hydrogen-bond acceptors (Lipinski definition) is 4. The second-order valence-corrected chi connectivity index (χ2v) is 4.10. The summed E-state index contributed by atoms with van der Waals surface area (Å²) in [5.41, 5.74) is 5.75. The number of hydrogen-bond donors (Lipinski definition) is 3. The van der Waals surface area contributed by atoms with Crippen LogP contribution >= 0.6 is 0 Å². The third-order valence-corrected chi connectivity index (χ3v) is 2.70. The average Bonchev–Trinajstić information content (AvgIpc) is 2.27. The lowest BCUT2D eigenvalue weighted by atomic mass is 9.99. The van der Waals surface area contributed by atoms with Crippen molar-refractivity contribution in [2.24, 2.45) is 11.7 Å². The topological polar surface area (TPSA) is 84.6 Å². The molecule has 16 heavy (non-hydrogen) atoms. The minimum Gasteiger partial charge on any atom is -0.391 e. The van der Waals surface area contributed by atoms with Crippen LogP contribution in [0.1, 0.15) is 26.7 Å². The van der Waals surface area contributed by atoms with Gasteiger partial charge in [0.2, 0.25) is 5.91 Å². The molecule has 0 bridgehead atoms. The molecule has 0 saturated carbocycles. The first-order valence-corrected chi connectivity index (χ1v) is 5.73. The van der Waals surface area contributed by atoms with Crippen LogP contribution < -0.4 is 11.1 Å². The van der Waals surface area contributed by atoms with Crippen molar-refractivity contribution in [1.29, 1.82) is 0 Å². The highest BCUT2D eigenvalue weighted by atomic mass is 16.5. The fraction of sp³-hybridized carbons (Fsp3) is 0.909. The van der Waals surface area contributed by atoms with E-state index in [2.05, 4.69) is 5.32 Å². The SMILES string of the molecule is CC[C@H](C)[C@H](N)C(=O)NCCC(O)COC. The van der Waals surface area contributed by atoms with Crippen molar-refractivity contribution < 1.29 is 14.6 Å². The third-order valence-electron chi connectivity index (χ3n) is 2.70. The highest BCUT2D eigenvalue weighted by Gasteiger charge is 2.18. The van der Waals surface area contributed by atoms with Gasteiger partial charge >= 0.3 is 0 Å². The van der Waals surface area contributed by atoms with E-state index >= 15 is 0 Å². The summed E-state index contributed by atoms with van der Waals surface area (Å²) in [6.07, 6.45) is 0.818. The second kappa shape index (κ2) is 8.50. The number of carbonyl (C=O) groups is 1. The lowest BCUT2D eigenvalue weighted by Gasteiger charge is -2.18. The lowest BCUT2D eigenvalue weighted by molar-refractivity contribution is -0.123. The largest absolute Gasteiger partial charge is 0.391 e. The third kappa shape index (κ3) is 6.05. The van der Waals surface area contributed by atoms with Gasteiger partial charge in [0, 0.05) is 13.7 Å². The Balaban J connectivity index is 3.72. The van der Waals surface area contributed by atoms with E-state index in [-0.39, 0.29) is 18.4 Å². The fourth-order valence-electron chi connectivity index (χ4n) is 1.27. The molecular weight excluding hydrogens is 208 g/mol. The highest BCUT2D eigenvalue weighted by Crippen LogP contribution is 2.04. The zero-order chi connectivity index (χ0) is 12.6. The molecule has 0 aromatic carbocycles. The summed E-state index contributed by atoms with van der Waals surface area (Å²) in [6, 6.07) is -0.468. The van der Waals surface area contributed by atoms with Crippen LogP contribution in [0, 0.1) is 5.92 Å². The maximum atomic E-state index is 11.5. The number of ether oxygens (including phenoxy) is 1. The quantitative estimate of drug-likeness (QED) is 0.544. The van der Waals surface area contributed by atoms with Crippen molar-refractivity contribution in [3.8, 4) is 0 Å². The Kier molecular flexibility index (Phi) is 8.15. The zero-order valence-corrected chi connectivity index (χ0v) is 10.4. The first kappa shape index (κ1) is 15.3. The van der Waals surface area contributed by atoms with Gasteiger partial charge in [-0.3, -0.25) is 4.79 Å². The Morgan fingerprint density at radius 2 is 2.19 bits per heavy atom. The molecule has 1 unspecified atom stereocenters. The van der Waals surface area contributed by atoms with E-state index in [1.807, 2.05) is 13.8 Å². The maximum absolute atomic E-state index is 11.5. The van der Waals surface area contributed by atoms with Crippen LogP contribution in [-0.4, -0.2) is 43.4 Å². The van der Waals surface area contributed by atoms with Crippen molar-refractivity contribution >= 4 is 5.91 Å². The standard InChI is InChI=1S/C11H24N2O3/c1-4-8(2)10(12)11(15)13-6-5-9(14)7-16-3/h8-10,14H,4-7,12H2,1-3H3,(H,13,15)/t8-,9?,10-/m0/s1. The van der Waals surface area contributed by atoms with Gasteiger partial charge in [0.25, 0.3) is 0 Å². The Morgan fingerprint density at radius 3 is 2.69 bits per heavy atom. The normalized spacial score (nSPS) is 16.6. The molecule has 0 aromatic rings. The van der Waals surface area contributed by atoms with Gasteiger partial charge in [0.05, 0.1) is 18.8 Å². The Hall–Kier alpha value is -0.650. The monoisotopic (exact) mass is 232 g/mol. The number of aliphatic hydroxyl groups excluding tert-OH is 1. The van der Waals surface area contributed by atoms with Crippen LogP contribution in [0.5, 0.6) is 0 Å². The molecule has 4 N–H and O–H groups in total. The molecule has 0 fully saturated rings. The van der Waals surface area contributed by atoms with Crippen molar-refractivity contribution in [3.05, 3.63) is 0 Å². The number of aliphatic hydroxyl groups is 1. The molecule has 0 heterocycles. The molecule has 0 saturated heterocycles. The van der Waals surface area contributed by atoms with Gasteiger partial charge in [-0.05, 0) is 12.3 Å². The van der Waals surface area contributed by atoms with Gasteiger partial charge in [-0.25, -0.2) is 0 Å². The summed E-state index contributed by atoms with van der Waals surface area (Å²) < 4.78 is 4.78. The van der Waals surface area contributed by atoms with Gasteiger partial charge < -0.3 is 20.9 Å². The summed E-state index contributed by atoms with van der Waals surface area (Å²) in [7, 11) is 1.53. The molecule has 0 aliphatic rings. The lowest BCUT2D eigenvalue weighted by Crippen LogP contribution is -2.45. The average molecular weight is 232 g/mol. The van der Waals surface area contributed by atoms with E-state index in [4.69, 9.17) is 10.5 Å². The van der Waals surface area contributed by atoms with Crippen molar-refractivity contribution in [2.75, 3.05) is 20.3 Å². The fourth-order valence-corrected chi connectivity index (χ4v) is 1.27. The van der Waals surface area contributed by atoms with Crippen LogP contribution in [0.3, 0.4) is 0 Å². The molecule has 3 atom stereocenters. The number of rotatable bonds is 8. The summed E-state index contributed by atoms with van der Waals surface area (Å²) >= 11 is 0. The molecule has 0 rings (SSSR count). The number of carbonyl (C=O) groups excluding carboxylic acids is 1. The first-order valence-electron chi connectivity index (χ1n) is 5.73. The summed E-state index contributed by atoms with van der Waals surface area (Å²) in [5, 5.41) is 12.1. The van der Waals surface area contributed by atoms with Crippen molar-refractivity contribution in [3.63, 3.8) is 0 Å². The van der Waals surface area contributed by atoms with Crippen LogP contribution in [0.25, 0.3) is 0 Å². The van der Waals surface area contributed by atoms with Crippen LogP contribution in [-0.2, 0) is 9.53 Å². The van der Waals surface area contributed by atoms with Crippen LogP contribution in [0.15, 0.2) is 0 Å². The number of amides is 1. The van der Waals surface area contributed by atoms with Gasteiger partial charge in [-0.15, -0.1) is 0 Å². The Morgan fingerprint density at radius 1 is 1.56 bits per heavy atom. The van der Waals surface area contributed by atoms with Gasteiger partial charge in [-0.2, -0.15) is 0 Å². The number of nitrogens with two attached hydrogens (primary N) is 1. The first-order chi connectivity index (χ1) is 7.52. The Bertz CT molecular complexity index is 200. The van der Waals surface area contributed by atoms with Crippen LogP contribution in [0.4, 0.5) is 0 Å². The molecule has 5 nitrogen and oxygen atoms in total. The molecule has 0 spiro atoms. The second-order valence-electron chi connectivity index (χ2n) is 4.10. The smallest absolute Gasteiger partial charge is 0.237 e. The van der Waals surface area contributed by atoms with E-state index in [1.54, 1.807) is 0 Å². The van der Waals surface area contributed by atoms with E-state index < -0.39 is 12.1 Å². The molecule has 0 aliphatic carbocycles. The predicted molar refractivity (Wildman–Crippen MR) is 62.9 cm³/mol. The molecule has 5 heteroatoms. The number of methoxy groups -OCH3 is 1. The van der Waals surface area contributed by atoms with E-state index in [0.29, 0.717) is 13.0 Å². The van der Waals surface area contributed by atoms with Gasteiger partial charge in [0.15, 0.2) is 0 Å². The molecule has 96 valence electrons. The summed E-state index contributed by atoms with van der Waals surface area (Å²) in [6.45, 7) is 4.66. The van der Waals surface area contributed by atoms with Crippen molar-refractivity contribution in [2.45, 2.75) is 38.8 Å². The summed E-state index contributed by atoms with van der Waals surface area (Å²) in [5.74, 6) is 0.0165. The highest BCUT2D eigenvalue weighted by molar-refractivity contribution is 5.81. The van der Waals surface area contributed by atoms with E-state index in [1.165, 1.54) is 7.11 Å². The molecule has 0 radical (unpaired) electrons. The van der Waals surface area contributed by atoms with Gasteiger partial charge in [-0.1, -0.05) is 20.3 Å². The minimum absolute atomic E-state index is 0.154. The zero-order valence-electron chi connectivity index (χ0n) is 10.4. The Labute approximate surface area is 97.3 Å². The number of nitrogens with one attached hydrogen (secondary N) is 1. The minimum atomic E-state index is -0.537. The summed E-state index contributed by atoms with van der Waals surface area (Å²) in [4.78, 5) is 11.5. The molecule has 0 aliphatic heterocycles. The molecular formula is C11H24N2O3. The molecule has 0 aromatic heterocycles. The van der Waals surface area contributed by atoms with E-state index in [0.717, 1.165) is 6.42 Å². The van der Waals surface area contributed by atoms with E-state index in [9.17, 15) is 9.90 Å². The van der Waals surface area contributed by atoms with Gasteiger partial charge in [0.1, 0.15) is 0 Å². The molecule has 1 amide bonds. The van der Waals surface area contributed by atoms with Crippen LogP contribution in [0.2, 0.25) is 0 Å². The maximum Gasteiger partial charge on any atom is 0.237 e. The predicted octanol–water partition coefficient (Wildman–Crippen LogP) is -0.127.